The van der Waals surface area contributed by atoms with Crippen molar-refractivity contribution < 1.29 is 22.7 Å². The number of ether oxygens (including phenoxy) is 2. The zero-order chi connectivity index (χ0) is 18.6. The molecule has 0 bridgehead atoms. The Bertz CT molecular complexity index is 714. The normalized spacial score (nSPS) is 23.0. The third kappa shape index (κ3) is 4.25. The van der Waals surface area contributed by atoms with Gasteiger partial charge in [0.1, 0.15) is 5.56 Å². The number of nitrogens with zero attached hydrogens (tertiary/aromatic N) is 3. The van der Waals surface area contributed by atoms with Crippen molar-refractivity contribution in [2.45, 2.75) is 37.3 Å². The maximum absolute atomic E-state index is 13.0. The Morgan fingerprint density at radius 3 is 2.92 bits per heavy atom. The second-order valence-corrected chi connectivity index (χ2v) is 8.40. The number of aromatic amines is 1. The van der Waals surface area contributed by atoms with Crippen LogP contribution in [0.2, 0.25) is 0 Å². The van der Waals surface area contributed by atoms with Crippen LogP contribution in [0.1, 0.15) is 36.5 Å². The Morgan fingerprint density at radius 2 is 2.19 bits per heavy atom. The molecule has 2 aliphatic heterocycles. The monoisotopic (exact) mass is 386 g/mol. The van der Waals surface area contributed by atoms with Crippen LogP contribution in [0.15, 0.2) is 11.2 Å². The SMILES string of the molecule is CCOC(=O)c1cn[nH]c1S(=O)(=O)N1CCCN(C[C@H]2CCCO2)CC1. The van der Waals surface area contributed by atoms with E-state index < -0.39 is 16.0 Å². The van der Waals surface area contributed by atoms with Crippen molar-refractivity contribution in [2.24, 2.45) is 0 Å². The number of hydrogen-bond donors (Lipinski definition) is 1. The minimum atomic E-state index is -3.83. The lowest BCUT2D eigenvalue weighted by Crippen LogP contribution is -2.38. The smallest absolute Gasteiger partial charge is 0.342 e. The number of rotatable bonds is 6. The van der Waals surface area contributed by atoms with Crippen molar-refractivity contribution in [3.63, 3.8) is 0 Å². The van der Waals surface area contributed by atoms with Gasteiger partial charge in [0.05, 0.1) is 18.9 Å². The third-order valence-corrected chi connectivity index (χ3v) is 6.60. The van der Waals surface area contributed by atoms with E-state index in [0.29, 0.717) is 19.6 Å². The van der Waals surface area contributed by atoms with Crippen LogP contribution in [0.3, 0.4) is 0 Å². The third-order valence-electron chi connectivity index (χ3n) is 4.73. The fourth-order valence-corrected chi connectivity index (χ4v) is 4.93. The largest absolute Gasteiger partial charge is 0.462 e. The first kappa shape index (κ1) is 19.3. The van der Waals surface area contributed by atoms with Gasteiger partial charge in [-0.05, 0) is 32.7 Å². The molecule has 0 aromatic carbocycles. The standard InChI is InChI=1S/C16H26N4O5S/c1-2-24-16(21)14-11-17-18-15(14)26(22,23)20-7-4-6-19(8-9-20)12-13-5-3-10-25-13/h11,13H,2-10,12H2,1H3,(H,17,18)/t13-/m1/s1. The maximum atomic E-state index is 13.0. The molecule has 26 heavy (non-hydrogen) atoms. The van der Waals surface area contributed by atoms with E-state index in [1.54, 1.807) is 6.92 Å². The molecule has 10 heteroatoms. The van der Waals surface area contributed by atoms with Crippen LogP contribution in [0, 0.1) is 0 Å². The molecule has 3 heterocycles. The lowest BCUT2D eigenvalue weighted by atomic mass is 10.2. The number of sulfonamides is 1. The quantitative estimate of drug-likeness (QED) is 0.708. The van der Waals surface area contributed by atoms with Crippen LogP contribution in [0.25, 0.3) is 0 Å². The Kier molecular flexibility index (Phi) is 6.28. The number of H-pyrrole nitrogens is 1. The minimum absolute atomic E-state index is 0.0488. The molecule has 1 aromatic heterocycles. The summed E-state index contributed by atoms with van der Waals surface area (Å²) in [6, 6.07) is 0. The fourth-order valence-electron chi connectivity index (χ4n) is 3.40. The summed E-state index contributed by atoms with van der Waals surface area (Å²) >= 11 is 0. The molecule has 3 rings (SSSR count). The van der Waals surface area contributed by atoms with Gasteiger partial charge in [-0.15, -0.1) is 0 Å². The number of carbonyl (C=O) groups excluding carboxylic acids is 1. The molecule has 0 unspecified atom stereocenters. The van der Waals surface area contributed by atoms with Gasteiger partial charge in [0, 0.05) is 32.8 Å². The van der Waals surface area contributed by atoms with Gasteiger partial charge in [-0.25, -0.2) is 13.2 Å². The van der Waals surface area contributed by atoms with Crippen molar-refractivity contribution in [3.8, 4) is 0 Å². The molecule has 1 aromatic rings. The van der Waals surface area contributed by atoms with Gasteiger partial charge in [-0.3, -0.25) is 10.00 Å². The van der Waals surface area contributed by atoms with Gasteiger partial charge in [-0.1, -0.05) is 0 Å². The predicted octanol–water partition coefficient (Wildman–Crippen LogP) is 0.462. The first-order valence-corrected chi connectivity index (χ1v) is 10.5. The molecule has 0 amide bonds. The molecule has 9 nitrogen and oxygen atoms in total. The Morgan fingerprint density at radius 1 is 1.35 bits per heavy atom. The number of esters is 1. The average molecular weight is 386 g/mol. The highest BCUT2D eigenvalue weighted by molar-refractivity contribution is 7.89. The van der Waals surface area contributed by atoms with E-state index >= 15 is 0 Å². The predicted molar refractivity (Wildman–Crippen MR) is 93.3 cm³/mol. The van der Waals surface area contributed by atoms with Crippen molar-refractivity contribution in [2.75, 3.05) is 45.9 Å². The molecule has 0 spiro atoms. The average Bonchev–Trinajstić information content (AvgIpc) is 3.24. The van der Waals surface area contributed by atoms with Gasteiger partial charge in [0.25, 0.3) is 10.0 Å². The molecule has 2 aliphatic rings. The van der Waals surface area contributed by atoms with Crippen molar-refractivity contribution in [1.82, 2.24) is 19.4 Å². The first-order valence-electron chi connectivity index (χ1n) is 9.07. The summed E-state index contributed by atoms with van der Waals surface area (Å²) in [6.07, 6.45) is 4.34. The van der Waals surface area contributed by atoms with Crippen molar-refractivity contribution in [3.05, 3.63) is 11.8 Å². The number of carbonyl (C=O) groups is 1. The van der Waals surface area contributed by atoms with Gasteiger partial charge >= 0.3 is 5.97 Å². The Balaban J connectivity index is 1.68. The lowest BCUT2D eigenvalue weighted by Gasteiger charge is -2.23. The fraction of sp³-hybridized carbons (Fsp3) is 0.750. The van der Waals surface area contributed by atoms with Gasteiger partial charge in [0.2, 0.25) is 0 Å². The van der Waals surface area contributed by atoms with Crippen LogP contribution in [-0.4, -0.2) is 85.8 Å². The van der Waals surface area contributed by atoms with Crippen LogP contribution < -0.4 is 0 Å². The molecule has 1 atom stereocenters. The van der Waals surface area contributed by atoms with E-state index in [1.807, 2.05) is 0 Å². The maximum Gasteiger partial charge on any atom is 0.342 e. The molecule has 0 saturated carbocycles. The van der Waals surface area contributed by atoms with E-state index in [1.165, 1.54) is 10.5 Å². The topological polar surface area (TPSA) is 105 Å². The summed E-state index contributed by atoms with van der Waals surface area (Å²) < 4.78 is 38.0. The number of hydrogen-bond acceptors (Lipinski definition) is 7. The first-order chi connectivity index (χ1) is 12.5. The Labute approximate surface area is 153 Å². The molecule has 2 saturated heterocycles. The number of nitrogens with one attached hydrogen (secondary N) is 1. The summed E-state index contributed by atoms with van der Waals surface area (Å²) in [4.78, 5) is 14.2. The summed E-state index contributed by atoms with van der Waals surface area (Å²) in [5.41, 5.74) is -0.0488. The van der Waals surface area contributed by atoms with Crippen molar-refractivity contribution >= 4 is 16.0 Å². The second kappa shape index (κ2) is 8.47. The Hall–Kier alpha value is -1.49. The summed E-state index contributed by atoms with van der Waals surface area (Å²) in [7, 11) is -3.83. The zero-order valence-electron chi connectivity index (χ0n) is 15.0. The summed E-state index contributed by atoms with van der Waals surface area (Å²) in [5.74, 6) is -0.686. The van der Waals surface area contributed by atoms with Crippen LogP contribution in [-0.2, 0) is 19.5 Å². The van der Waals surface area contributed by atoms with E-state index in [2.05, 4.69) is 15.1 Å². The van der Waals surface area contributed by atoms with Crippen LogP contribution in [0.4, 0.5) is 0 Å². The highest BCUT2D eigenvalue weighted by Crippen LogP contribution is 2.21. The minimum Gasteiger partial charge on any atom is -0.462 e. The molecular formula is C16H26N4O5S. The molecule has 146 valence electrons. The highest BCUT2D eigenvalue weighted by atomic mass is 32.2. The van der Waals surface area contributed by atoms with Gasteiger partial charge in [-0.2, -0.15) is 9.40 Å². The van der Waals surface area contributed by atoms with Crippen molar-refractivity contribution in [1.29, 1.82) is 0 Å². The van der Waals surface area contributed by atoms with E-state index in [4.69, 9.17) is 9.47 Å². The molecule has 1 N–H and O–H groups in total. The molecular weight excluding hydrogens is 360 g/mol. The van der Waals surface area contributed by atoms with E-state index in [-0.39, 0.29) is 23.3 Å². The van der Waals surface area contributed by atoms with Gasteiger partial charge < -0.3 is 9.47 Å². The zero-order valence-corrected chi connectivity index (χ0v) is 15.8. The van der Waals surface area contributed by atoms with Crippen LogP contribution >= 0.6 is 0 Å². The highest BCUT2D eigenvalue weighted by Gasteiger charge is 2.33. The summed E-state index contributed by atoms with van der Waals surface area (Å²) in [5, 5.41) is 6.00. The summed E-state index contributed by atoms with van der Waals surface area (Å²) in [6.45, 7) is 5.75. The second-order valence-electron chi connectivity index (χ2n) is 6.53. The molecule has 0 radical (unpaired) electrons. The van der Waals surface area contributed by atoms with E-state index in [0.717, 1.165) is 39.0 Å². The van der Waals surface area contributed by atoms with Gasteiger partial charge in [0.15, 0.2) is 5.03 Å². The van der Waals surface area contributed by atoms with E-state index in [9.17, 15) is 13.2 Å². The number of aromatic nitrogens is 2. The lowest BCUT2D eigenvalue weighted by molar-refractivity contribution is 0.0521. The van der Waals surface area contributed by atoms with Crippen LogP contribution in [0.5, 0.6) is 0 Å². The molecule has 2 fully saturated rings. The molecule has 0 aliphatic carbocycles.